The molecular formula is C51H68N10O9S. The Bertz CT molecular complexity index is 2680. The largest absolute Gasteiger partial charge is 0.462 e. The van der Waals surface area contributed by atoms with Crippen LogP contribution >= 0.6 is 11.5 Å². The van der Waals surface area contributed by atoms with E-state index in [2.05, 4.69) is 47.0 Å². The number of methoxy groups -OCH3 is 1. The van der Waals surface area contributed by atoms with Gasteiger partial charge in [0.05, 0.1) is 42.9 Å². The SMILES string of the molecule is C=CC(=O)N1CCOC2(CCN(C(=O)N(C)[C@H](C(=O)N[C@H]3Cc4nsc(n4)-c4ccc5c(c4)c(c(-c4cccnc4[C@H](C)OC)n5CC)CC(C)(C)COC(=O)[C@@]4(O)CCCN(N4)C3=O)C(C)C)CC2)C1. The van der Waals surface area contributed by atoms with Crippen LogP contribution in [0.3, 0.4) is 0 Å². The molecule has 0 aliphatic carbocycles. The van der Waals surface area contributed by atoms with Crippen molar-refractivity contribution in [2.24, 2.45) is 11.3 Å². The fourth-order valence-electron chi connectivity index (χ4n) is 10.6. The first-order valence-corrected chi connectivity index (χ1v) is 25.4. The van der Waals surface area contributed by atoms with Crippen molar-refractivity contribution in [1.29, 1.82) is 0 Å². The molecule has 382 valence electrons. The summed E-state index contributed by atoms with van der Waals surface area (Å²) in [4.78, 5) is 84.5. The van der Waals surface area contributed by atoms with Gasteiger partial charge in [0.15, 0.2) is 0 Å². The first kappa shape index (κ1) is 51.6. The van der Waals surface area contributed by atoms with Crippen molar-refractivity contribution in [2.45, 2.75) is 116 Å². The molecule has 0 radical (unpaired) electrons. The summed E-state index contributed by atoms with van der Waals surface area (Å²) in [6.07, 6.45) is 4.33. The summed E-state index contributed by atoms with van der Waals surface area (Å²) in [5, 5.41) is 17.6. The molecule has 3 fully saturated rings. The molecule has 5 amide bonds. The number of likely N-dealkylation sites (N-methyl/N-ethyl adjacent to an activating group) is 1. The Hall–Kier alpha value is -5.80. The van der Waals surface area contributed by atoms with Gasteiger partial charge in [-0.3, -0.25) is 24.4 Å². The van der Waals surface area contributed by atoms with Crippen LogP contribution in [0.25, 0.3) is 32.7 Å². The maximum atomic E-state index is 14.7. The Kier molecular flexibility index (Phi) is 15.1. The fourth-order valence-corrected chi connectivity index (χ4v) is 11.3. The molecule has 1 spiro atoms. The molecule has 0 unspecified atom stereocenters. The minimum Gasteiger partial charge on any atom is -0.462 e. The number of nitrogens with zero attached hydrogens (tertiary/aromatic N) is 8. The number of fused-ring (bicyclic) bond motifs is 6. The monoisotopic (exact) mass is 996 g/mol. The lowest BCUT2D eigenvalue weighted by Gasteiger charge is -2.47. The van der Waals surface area contributed by atoms with Crippen LogP contribution in [0.15, 0.2) is 49.2 Å². The molecule has 1 aromatic carbocycles. The molecule has 6 bridgehead atoms. The van der Waals surface area contributed by atoms with Gasteiger partial charge in [-0.25, -0.2) is 14.6 Å². The number of benzene rings is 1. The van der Waals surface area contributed by atoms with Crippen LogP contribution < -0.4 is 10.7 Å². The van der Waals surface area contributed by atoms with Crippen LogP contribution in [0.4, 0.5) is 4.79 Å². The number of aryl methyl sites for hydroxylation is 1. The standard InChI is InChI=1S/C51H68N10O9S/c1-10-40(62)59-24-25-70-50(29-59)18-22-58(23-19-50)48(66)57(8)42(31(3)4)44(63)53-37-27-39-54-45(71-55-39)33-15-16-38-35(26-33)36(43(60(38)11-2)34-14-12-20-52-41(34)32(5)68-9)28-49(6,7)30-69-47(65)51(67)17-13-21-61(56-51)46(37)64/h10,12,14-16,20,26,31-32,37,42,56,67H,1,11,13,17-19,21-25,27-30H2,2-9H3,(H,53,63)/t32-,37-,42-,51-/m0/s1. The summed E-state index contributed by atoms with van der Waals surface area (Å²) in [6, 6.07) is 7.50. The zero-order valence-electron chi connectivity index (χ0n) is 42.2. The summed E-state index contributed by atoms with van der Waals surface area (Å²) in [5.74, 6) is -2.38. The molecule has 0 saturated carbocycles. The highest BCUT2D eigenvalue weighted by Gasteiger charge is 2.47. The molecule has 3 N–H and O–H groups in total. The number of pyridine rings is 1. The highest BCUT2D eigenvalue weighted by Crippen LogP contribution is 2.42. The summed E-state index contributed by atoms with van der Waals surface area (Å²) in [5.41, 5.74) is 4.76. The molecule has 4 atom stereocenters. The number of rotatable bonds is 9. The van der Waals surface area contributed by atoms with E-state index in [0.29, 0.717) is 69.4 Å². The van der Waals surface area contributed by atoms with E-state index in [-0.39, 0.29) is 56.4 Å². The highest BCUT2D eigenvalue weighted by atomic mass is 32.1. The van der Waals surface area contributed by atoms with Gasteiger partial charge in [-0.1, -0.05) is 34.3 Å². The van der Waals surface area contributed by atoms with Crippen molar-refractivity contribution in [3.05, 3.63) is 66.3 Å². The highest BCUT2D eigenvalue weighted by molar-refractivity contribution is 7.09. The summed E-state index contributed by atoms with van der Waals surface area (Å²) in [6.45, 7) is 18.0. The van der Waals surface area contributed by atoms with E-state index < -0.39 is 46.6 Å². The van der Waals surface area contributed by atoms with Crippen molar-refractivity contribution in [1.82, 2.24) is 49.4 Å². The number of aliphatic hydroxyl groups is 1. The number of urea groups is 1. The van der Waals surface area contributed by atoms with Crippen LogP contribution in [0.5, 0.6) is 0 Å². The Balaban J connectivity index is 1.12. The maximum Gasteiger partial charge on any atom is 0.355 e. The smallest absolute Gasteiger partial charge is 0.355 e. The summed E-state index contributed by atoms with van der Waals surface area (Å²) in [7, 11) is 3.24. The zero-order valence-corrected chi connectivity index (χ0v) is 43.0. The van der Waals surface area contributed by atoms with E-state index in [1.54, 1.807) is 30.2 Å². The summed E-state index contributed by atoms with van der Waals surface area (Å²) < 4.78 is 24.9. The number of nitrogens with one attached hydrogen (secondary N) is 2. The van der Waals surface area contributed by atoms with Crippen molar-refractivity contribution in [3.8, 4) is 21.8 Å². The topological polar surface area (TPSA) is 214 Å². The lowest BCUT2D eigenvalue weighted by atomic mass is 9.84. The average Bonchev–Trinajstić information content (AvgIpc) is 3.95. The first-order valence-electron chi connectivity index (χ1n) is 24.6. The Morgan fingerprint density at radius 2 is 1.86 bits per heavy atom. The number of esters is 1. The molecule has 19 nitrogen and oxygen atoms in total. The Morgan fingerprint density at radius 3 is 2.56 bits per heavy atom. The van der Waals surface area contributed by atoms with Crippen molar-refractivity contribution in [2.75, 3.05) is 60.1 Å². The van der Waals surface area contributed by atoms with E-state index in [9.17, 15) is 29.1 Å². The number of hydrogen-bond donors (Lipinski definition) is 3. The van der Waals surface area contributed by atoms with Gasteiger partial charge in [0.1, 0.15) is 22.9 Å². The van der Waals surface area contributed by atoms with Crippen molar-refractivity contribution >= 4 is 52.2 Å². The quantitative estimate of drug-likeness (QED) is 0.151. The van der Waals surface area contributed by atoms with Crippen LogP contribution in [-0.2, 0) is 52.8 Å². The van der Waals surface area contributed by atoms with Gasteiger partial charge in [-0.15, -0.1) is 0 Å². The number of hydrogen-bond acceptors (Lipinski definition) is 14. The third-order valence-electron chi connectivity index (χ3n) is 14.4. The lowest BCUT2D eigenvalue weighted by molar-refractivity contribution is -0.189. The maximum absolute atomic E-state index is 14.7. The predicted molar refractivity (Wildman–Crippen MR) is 266 cm³/mol. The Morgan fingerprint density at radius 1 is 1.10 bits per heavy atom. The molecule has 71 heavy (non-hydrogen) atoms. The van der Waals surface area contributed by atoms with Gasteiger partial charge < -0.3 is 43.9 Å². The van der Waals surface area contributed by atoms with Gasteiger partial charge in [0.2, 0.25) is 17.5 Å². The van der Waals surface area contributed by atoms with Crippen molar-refractivity contribution in [3.63, 3.8) is 0 Å². The minimum atomic E-state index is -2.25. The van der Waals surface area contributed by atoms with Gasteiger partial charge in [0.25, 0.3) is 5.91 Å². The minimum absolute atomic E-state index is 0.0280. The van der Waals surface area contributed by atoms with E-state index >= 15 is 0 Å². The fraction of sp³-hybridized carbons (Fsp3) is 0.569. The number of carbonyl (C=O) groups excluding carboxylic acids is 5. The Labute approximate surface area is 419 Å². The third kappa shape index (κ3) is 10.4. The second-order valence-electron chi connectivity index (χ2n) is 20.4. The molecule has 3 saturated heterocycles. The van der Waals surface area contributed by atoms with E-state index in [0.717, 1.165) is 44.0 Å². The molecule has 7 heterocycles. The number of piperidine rings is 1. The molecule has 4 aliphatic heterocycles. The van der Waals surface area contributed by atoms with Gasteiger partial charge >= 0.3 is 12.0 Å². The van der Waals surface area contributed by atoms with Crippen LogP contribution in [0.1, 0.15) is 90.4 Å². The van der Waals surface area contributed by atoms with E-state index in [1.165, 1.54) is 22.5 Å². The van der Waals surface area contributed by atoms with Gasteiger partial charge in [0, 0.05) is 93.4 Å². The molecule has 8 rings (SSSR count). The van der Waals surface area contributed by atoms with Gasteiger partial charge in [-0.2, -0.15) is 9.80 Å². The zero-order chi connectivity index (χ0) is 51.0. The van der Waals surface area contributed by atoms with Crippen LogP contribution in [0.2, 0.25) is 0 Å². The number of cyclic esters (lactones) is 1. The number of morpholine rings is 1. The number of likely N-dealkylation sites (tertiary alicyclic amines) is 1. The molecule has 4 aliphatic rings. The summed E-state index contributed by atoms with van der Waals surface area (Å²) >= 11 is 1.18. The van der Waals surface area contributed by atoms with Gasteiger partial charge in [-0.05, 0) is 99.0 Å². The molecule has 3 aromatic heterocycles. The lowest BCUT2D eigenvalue weighted by Crippen LogP contribution is -2.67. The molecule has 20 heteroatoms. The third-order valence-corrected chi connectivity index (χ3v) is 15.2. The van der Waals surface area contributed by atoms with Crippen LogP contribution in [0, 0.1) is 11.3 Å². The second-order valence-corrected chi connectivity index (χ2v) is 21.2. The number of ether oxygens (including phenoxy) is 3. The number of hydrazine groups is 1. The van der Waals surface area contributed by atoms with Crippen LogP contribution in [-0.4, -0.2) is 157 Å². The number of aromatic nitrogens is 4. The predicted octanol–water partition coefficient (Wildman–Crippen LogP) is 4.87. The van der Waals surface area contributed by atoms with E-state index in [1.807, 2.05) is 46.8 Å². The molecular weight excluding hydrogens is 929 g/mol. The normalized spacial score (nSPS) is 22.5. The van der Waals surface area contributed by atoms with E-state index in [4.69, 9.17) is 28.6 Å². The molecule has 4 aromatic rings. The second kappa shape index (κ2) is 20.7. The number of amides is 5. The first-order chi connectivity index (χ1) is 33.8. The average molecular weight is 997 g/mol. The van der Waals surface area contributed by atoms with Crippen molar-refractivity contribution < 1.29 is 43.3 Å². The number of carbonyl (C=O) groups is 5.